The predicted octanol–water partition coefficient (Wildman–Crippen LogP) is 5.58. The van der Waals surface area contributed by atoms with E-state index in [1.165, 1.54) is 11.1 Å². The average molecular weight is 665 g/mol. The van der Waals surface area contributed by atoms with Gasteiger partial charge < -0.3 is 24.4 Å². The zero-order valence-corrected chi connectivity index (χ0v) is 28.3. The van der Waals surface area contributed by atoms with Crippen LogP contribution in [0.1, 0.15) is 69.2 Å². The molecule has 48 heavy (non-hydrogen) atoms. The molecule has 3 fully saturated rings. The van der Waals surface area contributed by atoms with Crippen LogP contribution in [-0.2, 0) is 44.1 Å². The number of carbonyl (C=O) groups excluding carboxylic acids is 2. The second-order valence-corrected chi connectivity index (χ2v) is 14.8. The molecule has 4 aliphatic heterocycles. The van der Waals surface area contributed by atoms with E-state index in [0.29, 0.717) is 12.6 Å². The topological polar surface area (TPSA) is 104 Å². The monoisotopic (exact) mass is 664 g/mol. The van der Waals surface area contributed by atoms with Gasteiger partial charge in [0.05, 0.1) is 37.5 Å². The normalized spacial score (nSPS) is 20.8. The summed E-state index contributed by atoms with van der Waals surface area (Å²) < 4.78 is 45.6. The fraction of sp³-hybridized carbons (Fsp3) is 0.595. The van der Waals surface area contributed by atoms with Gasteiger partial charge in [0.15, 0.2) is 0 Å². The number of alkyl halides is 2. The molecule has 6 rings (SSSR count). The van der Waals surface area contributed by atoms with Crippen molar-refractivity contribution >= 4 is 12.0 Å². The smallest absolute Gasteiger partial charge is 0.410 e. The van der Waals surface area contributed by atoms with Crippen LogP contribution in [0.5, 0.6) is 0 Å². The molecule has 2 amide bonds. The SMILES string of the molecule is CCCc1cc(-c2ccc3c(c2)C2(CCN(C4COC4)CC2)OC3)ccc1C[C@@H](C#N)NC(=O)C1(C(F)F)CN(C(=O)OC(C)(C)C)C1. The van der Waals surface area contributed by atoms with E-state index in [4.69, 9.17) is 14.2 Å². The highest BCUT2D eigenvalue weighted by molar-refractivity contribution is 5.87. The molecule has 2 aromatic rings. The molecule has 0 aromatic heterocycles. The number of nitrogens with one attached hydrogen (secondary N) is 1. The molecule has 0 radical (unpaired) electrons. The van der Waals surface area contributed by atoms with E-state index in [2.05, 4.69) is 47.5 Å². The van der Waals surface area contributed by atoms with Crippen molar-refractivity contribution in [3.63, 3.8) is 0 Å². The lowest BCUT2D eigenvalue weighted by molar-refractivity contribution is -0.160. The number of benzene rings is 2. The number of nitriles is 1. The molecule has 1 spiro atoms. The minimum Gasteiger partial charge on any atom is -0.444 e. The summed E-state index contributed by atoms with van der Waals surface area (Å²) in [5.41, 5.74) is 3.46. The Hall–Kier alpha value is -3.59. The molecule has 4 heterocycles. The minimum absolute atomic E-state index is 0.177. The summed E-state index contributed by atoms with van der Waals surface area (Å²) in [7, 11) is 0. The third-order valence-corrected chi connectivity index (χ3v) is 10.3. The number of fused-ring (bicyclic) bond motifs is 2. The fourth-order valence-corrected chi connectivity index (χ4v) is 7.33. The van der Waals surface area contributed by atoms with Crippen LogP contribution in [0.15, 0.2) is 36.4 Å². The van der Waals surface area contributed by atoms with Crippen LogP contribution >= 0.6 is 0 Å². The zero-order chi connectivity index (χ0) is 34.3. The standard InChI is InChI=1S/C37H46F2N4O5/c1-5-6-24-15-25(27-9-10-28-19-47-37(31(28)17-27)11-13-42(14-12-37)30-20-46-21-30)7-8-26(24)16-29(18-40)41-33(44)36(32(38)39)22-43(23-36)34(45)48-35(2,3)4/h7-10,15,17,29-30,32H,5-6,11-14,16,19-23H2,1-4H3,(H,41,44)/t29-/m0/s1. The molecule has 2 aromatic carbocycles. The average Bonchev–Trinajstić information content (AvgIpc) is 3.33. The molecule has 258 valence electrons. The maximum Gasteiger partial charge on any atom is 0.410 e. The van der Waals surface area contributed by atoms with Gasteiger partial charge in [0.25, 0.3) is 6.43 Å². The summed E-state index contributed by atoms with van der Waals surface area (Å²) in [5.74, 6) is -0.932. The lowest BCUT2D eigenvalue weighted by Crippen LogP contribution is -2.68. The third kappa shape index (κ3) is 6.67. The quantitative estimate of drug-likeness (QED) is 0.374. The van der Waals surface area contributed by atoms with Crippen molar-refractivity contribution in [1.82, 2.24) is 15.1 Å². The van der Waals surface area contributed by atoms with Crippen molar-refractivity contribution in [2.75, 3.05) is 39.4 Å². The van der Waals surface area contributed by atoms with Crippen LogP contribution in [0.2, 0.25) is 0 Å². The molecule has 0 saturated carbocycles. The van der Waals surface area contributed by atoms with E-state index in [-0.39, 0.29) is 12.0 Å². The van der Waals surface area contributed by atoms with Crippen LogP contribution in [0, 0.1) is 16.7 Å². The molecule has 9 nitrogen and oxygen atoms in total. The van der Waals surface area contributed by atoms with Gasteiger partial charge in [-0.05, 0) is 79.5 Å². The first-order chi connectivity index (χ1) is 22.9. The number of rotatable bonds is 9. The van der Waals surface area contributed by atoms with Gasteiger partial charge in [0.2, 0.25) is 5.91 Å². The first kappa shape index (κ1) is 34.3. The molecule has 0 bridgehead atoms. The van der Waals surface area contributed by atoms with Crippen molar-refractivity contribution in [2.45, 2.75) is 96.1 Å². The van der Waals surface area contributed by atoms with E-state index in [9.17, 15) is 23.6 Å². The van der Waals surface area contributed by atoms with Crippen molar-refractivity contribution in [1.29, 1.82) is 5.26 Å². The molecular weight excluding hydrogens is 618 g/mol. The van der Waals surface area contributed by atoms with Crippen molar-refractivity contribution in [3.05, 3.63) is 58.7 Å². The Bertz CT molecular complexity index is 1570. The second-order valence-electron chi connectivity index (χ2n) is 14.8. The molecule has 0 aliphatic carbocycles. The number of nitrogens with zero attached hydrogens (tertiary/aromatic N) is 3. The Morgan fingerprint density at radius 1 is 1.08 bits per heavy atom. The molecule has 3 saturated heterocycles. The van der Waals surface area contributed by atoms with Gasteiger partial charge in [0.1, 0.15) is 17.1 Å². The Kier molecular flexibility index (Phi) is 9.55. The second kappa shape index (κ2) is 13.4. The molecular formula is C37H46F2N4O5. The van der Waals surface area contributed by atoms with Crippen LogP contribution in [0.25, 0.3) is 11.1 Å². The number of ether oxygens (including phenoxy) is 3. The molecule has 0 unspecified atom stereocenters. The van der Waals surface area contributed by atoms with Crippen LogP contribution in [0.3, 0.4) is 0 Å². The molecule has 1 atom stereocenters. The van der Waals surface area contributed by atoms with Crippen LogP contribution in [0.4, 0.5) is 13.6 Å². The maximum atomic E-state index is 14.2. The lowest BCUT2D eigenvalue weighted by Gasteiger charge is -2.47. The van der Waals surface area contributed by atoms with Gasteiger partial charge in [-0.2, -0.15) is 5.26 Å². The zero-order valence-electron chi connectivity index (χ0n) is 28.3. The predicted molar refractivity (Wildman–Crippen MR) is 175 cm³/mol. The van der Waals surface area contributed by atoms with Gasteiger partial charge in [-0.1, -0.05) is 43.7 Å². The van der Waals surface area contributed by atoms with E-state index in [1.807, 2.05) is 12.1 Å². The van der Waals surface area contributed by atoms with Crippen molar-refractivity contribution in [2.24, 2.45) is 5.41 Å². The summed E-state index contributed by atoms with van der Waals surface area (Å²) in [4.78, 5) is 29.2. The number of amides is 2. The highest BCUT2D eigenvalue weighted by Crippen LogP contribution is 2.46. The summed E-state index contributed by atoms with van der Waals surface area (Å²) in [5, 5.41) is 12.5. The lowest BCUT2D eigenvalue weighted by atomic mass is 9.79. The first-order valence-corrected chi connectivity index (χ1v) is 17.0. The molecule has 11 heteroatoms. The largest absolute Gasteiger partial charge is 0.444 e. The van der Waals surface area contributed by atoms with Gasteiger partial charge >= 0.3 is 6.09 Å². The summed E-state index contributed by atoms with van der Waals surface area (Å²) in [6.45, 7) is 10.4. The molecule has 4 aliphatic rings. The Morgan fingerprint density at radius 3 is 2.38 bits per heavy atom. The number of aryl methyl sites for hydroxylation is 1. The van der Waals surface area contributed by atoms with Crippen LogP contribution < -0.4 is 5.32 Å². The number of likely N-dealkylation sites (tertiary alicyclic amines) is 2. The van der Waals surface area contributed by atoms with Gasteiger partial charge in [0, 0.05) is 32.6 Å². The highest BCUT2D eigenvalue weighted by Gasteiger charge is 2.58. The summed E-state index contributed by atoms with van der Waals surface area (Å²) in [6.07, 6.45) is -0.0362. The summed E-state index contributed by atoms with van der Waals surface area (Å²) in [6, 6.07) is 14.3. The van der Waals surface area contributed by atoms with E-state index in [0.717, 1.165) is 79.1 Å². The van der Waals surface area contributed by atoms with E-state index < -0.39 is 48.6 Å². The van der Waals surface area contributed by atoms with E-state index >= 15 is 0 Å². The van der Waals surface area contributed by atoms with Gasteiger partial charge in [-0.15, -0.1) is 0 Å². The number of hydrogen-bond acceptors (Lipinski definition) is 7. The Morgan fingerprint density at radius 2 is 1.77 bits per heavy atom. The van der Waals surface area contributed by atoms with Gasteiger partial charge in [-0.3, -0.25) is 9.69 Å². The van der Waals surface area contributed by atoms with Crippen molar-refractivity contribution in [3.8, 4) is 17.2 Å². The minimum atomic E-state index is -3.01. The number of piperidine rings is 1. The van der Waals surface area contributed by atoms with Crippen molar-refractivity contribution < 1.29 is 32.6 Å². The Balaban J connectivity index is 1.15. The number of halogens is 2. The van der Waals surface area contributed by atoms with Crippen LogP contribution in [-0.4, -0.2) is 85.3 Å². The molecule has 1 N–H and O–H groups in total. The maximum absolute atomic E-state index is 14.2. The summed E-state index contributed by atoms with van der Waals surface area (Å²) >= 11 is 0. The van der Waals surface area contributed by atoms with Gasteiger partial charge in [-0.25, -0.2) is 13.6 Å². The highest BCUT2D eigenvalue weighted by atomic mass is 19.3. The Labute approximate surface area is 281 Å². The first-order valence-electron chi connectivity index (χ1n) is 17.0. The van der Waals surface area contributed by atoms with E-state index in [1.54, 1.807) is 20.8 Å². The fourth-order valence-electron chi connectivity index (χ4n) is 7.33. The number of carbonyl (C=O) groups is 2. The number of hydrogen-bond donors (Lipinski definition) is 1. The third-order valence-electron chi connectivity index (χ3n) is 10.3.